The number of nitrogens with one attached hydrogen (secondary N) is 2. The van der Waals surface area contributed by atoms with Gasteiger partial charge in [0, 0.05) is 19.3 Å². The quantitative estimate of drug-likeness (QED) is 0.502. The molecule has 1 aliphatic heterocycles. The first kappa shape index (κ1) is 14.2. The Morgan fingerprint density at radius 2 is 2.32 bits per heavy atom. The largest absolute Gasteiger partial charge is 0.308 e. The Bertz CT molecular complexity index is 516. The summed E-state index contributed by atoms with van der Waals surface area (Å²) in [4.78, 5) is 6.24. The number of hydrazine groups is 1. The number of sulfonamides is 1. The first-order valence-corrected chi connectivity index (χ1v) is 7.60. The summed E-state index contributed by atoms with van der Waals surface area (Å²) in [6.45, 7) is 2.41. The predicted octanol–water partition coefficient (Wildman–Crippen LogP) is -0.403. The second-order valence-corrected chi connectivity index (χ2v) is 6.56. The summed E-state index contributed by atoms with van der Waals surface area (Å²) in [5, 5.41) is 0. The van der Waals surface area contributed by atoms with Crippen LogP contribution in [-0.2, 0) is 10.0 Å². The van der Waals surface area contributed by atoms with Crippen molar-refractivity contribution in [3.8, 4) is 0 Å². The van der Waals surface area contributed by atoms with Crippen LogP contribution in [0, 0.1) is 5.92 Å². The Labute approximate surface area is 113 Å². The number of likely N-dealkylation sites (tertiary alicyclic amines) is 1. The third kappa shape index (κ3) is 3.63. The lowest BCUT2D eigenvalue weighted by Crippen LogP contribution is -2.30. The van der Waals surface area contributed by atoms with Crippen LogP contribution >= 0.6 is 0 Å². The third-order valence-electron chi connectivity index (χ3n) is 3.25. The van der Waals surface area contributed by atoms with Gasteiger partial charge in [0.05, 0.1) is 0 Å². The smallest absolute Gasteiger partial charge is 0.242 e. The summed E-state index contributed by atoms with van der Waals surface area (Å²) < 4.78 is 26.7. The molecule has 0 aliphatic carbocycles. The monoisotopic (exact) mass is 285 g/mol. The molecule has 8 heteroatoms. The molecular formula is C11H19N5O2S. The first-order chi connectivity index (χ1) is 9.01. The van der Waals surface area contributed by atoms with Gasteiger partial charge >= 0.3 is 0 Å². The number of rotatable bonds is 5. The van der Waals surface area contributed by atoms with E-state index in [1.807, 2.05) is 7.05 Å². The Kier molecular flexibility index (Phi) is 4.35. The lowest BCUT2D eigenvalue weighted by atomic mass is 10.1. The molecule has 19 heavy (non-hydrogen) atoms. The van der Waals surface area contributed by atoms with Gasteiger partial charge in [-0.3, -0.25) is 0 Å². The molecule has 1 fully saturated rings. The van der Waals surface area contributed by atoms with E-state index in [0.29, 0.717) is 18.3 Å². The van der Waals surface area contributed by atoms with Gasteiger partial charge in [0.1, 0.15) is 10.7 Å². The third-order valence-corrected chi connectivity index (χ3v) is 4.65. The minimum absolute atomic E-state index is 0.151. The van der Waals surface area contributed by atoms with E-state index < -0.39 is 10.0 Å². The van der Waals surface area contributed by atoms with Gasteiger partial charge < -0.3 is 10.3 Å². The number of anilines is 1. The maximum Gasteiger partial charge on any atom is 0.242 e. The van der Waals surface area contributed by atoms with E-state index in [1.165, 1.54) is 18.3 Å². The Hall–Kier alpha value is -1.22. The zero-order valence-corrected chi connectivity index (χ0v) is 11.7. The van der Waals surface area contributed by atoms with Gasteiger partial charge in [-0.1, -0.05) is 0 Å². The highest BCUT2D eigenvalue weighted by molar-refractivity contribution is 7.89. The first-order valence-electron chi connectivity index (χ1n) is 6.12. The summed E-state index contributed by atoms with van der Waals surface area (Å²) >= 11 is 0. The summed E-state index contributed by atoms with van der Waals surface area (Å²) in [5.41, 5.74) is 2.36. The van der Waals surface area contributed by atoms with Gasteiger partial charge in [-0.2, -0.15) is 0 Å². The van der Waals surface area contributed by atoms with Crippen molar-refractivity contribution in [1.29, 1.82) is 0 Å². The lowest BCUT2D eigenvalue weighted by molar-refractivity contribution is 0.394. The van der Waals surface area contributed by atoms with Crippen LogP contribution in [0.3, 0.4) is 0 Å². The van der Waals surface area contributed by atoms with Crippen molar-refractivity contribution in [3.63, 3.8) is 0 Å². The average Bonchev–Trinajstić information content (AvgIpc) is 2.82. The fourth-order valence-corrected chi connectivity index (χ4v) is 3.19. The second kappa shape index (κ2) is 5.83. The second-order valence-electron chi connectivity index (χ2n) is 4.79. The summed E-state index contributed by atoms with van der Waals surface area (Å²) in [6.07, 6.45) is 2.31. The number of hydrogen-bond donors (Lipinski definition) is 3. The van der Waals surface area contributed by atoms with Crippen LogP contribution in [0.4, 0.5) is 5.82 Å². The van der Waals surface area contributed by atoms with Crippen molar-refractivity contribution >= 4 is 15.8 Å². The molecule has 1 aromatic rings. The van der Waals surface area contributed by atoms with Crippen LogP contribution in [0.5, 0.6) is 0 Å². The summed E-state index contributed by atoms with van der Waals surface area (Å²) in [6, 6.07) is 3.00. The summed E-state index contributed by atoms with van der Waals surface area (Å²) in [7, 11) is -1.45. The SMILES string of the molecule is CN1CCC(CNS(=O)(=O)c2ccc(NN)nc2)C1. The van der Waals surface area contributed by atoms with Crippen LogP contribution < -0.4 is 16.0 Å². The molecule has 106 valence electrons. The van der Waals surface area contributed by atoms with Crippen molar-refractivity contribution in [1.82, 2.24) is 14.6 Å². The molecule has 0 saturated carbocycles. The molecule has 7 nitrogen and oxygen atoms in total. The van der Waals surface area contributed by atoms with Crippen LogP contribution in [0.2, 0.25) is 0 Å². The minimum atomic E-state index is -3.49. The van der Waals surface area contributed by atoms with E-state index in [9.17, 15) is 8.42 Å². The minimum Gasteiger partial charge on any atom is -0.308 e. The van der Waals surface area contributed by atoms with Crippen molar-refractivity contribution in [2.75, 3.05) is 32.1 Å². The Morgan fingerprint density at radius 1 is 1.53 bits per heavy atom. The van der Waals surface area contributed by atoms with Gasteiger partial charge in [0.25, 0.3) is 0 Å². The Morgan fingerprint density at radius 3 is 2.84 bits per heavy atom. The number of nitrogen functional groups attached to an aromatic ring is 1. The highest BCUT2D eigenvalue weighted by atomic mass is 32.2. The zero-order chi connectivity index (χ0) is 13.9. The molecule has 1 saturated heterocycles. The normalized spacial score (nSPS) is 20.6. The molecule has 0 amide bonds. The van der Waals surface area contributed by atoms with E-state index in [-0.39, 0.29) is 4.90 Å². The van der Waals surface area contributed by atoms with Crippen LogP contribution in [0.15, 0.2) is 23.2 Å². The summed E-state index contributed by atoms with van der Waals surface area (Å²) in [5.74, 6) is 5.98. The molecule has 2 rings (SSSR count). The number of hydrogen-bond acceptors (Lipinski definition) is 6. The number of pyridine rings is 1. The van der Waals surface area contributed by atoms with Crippen molar-refractivity contribution in [2.45, 2.75) is 11.3 Å². The fraction of sp³-hybridized carbons (Fsp3) is 0.545. The predicted molar refractivity (Wildman–Crippen MR) is 72.8 cm³/mol. The van der Waals surface area contributed by atoms with Gasteiger partial charge in [-0.15, -0.1) is 0 Å². The van der Waals surface area contributed by atoms with Crippen molar-refractivity contribution < 1.29 is 8.42 Å². The topological polar surface area (TPSA) is 100 Å². The van der Waals surface area contributed by atoms with Gasteiger partial charge in [0.15, 0.2) is 0 Å². The molecule has 2 heterocycles. The van der Waals surface area contributed by atoms with E-state index in [1.54, 1.807) is 0 Å². The van der Waals surface area contributed by atoms with E-state index in [0.717, 1.165) is 19.5 Å². The fourth-order valence-electron chi connectivity index (χ4n) is 2.13. The molecule has 0 bridgehead atoms. The molecule has 0 spiro atoms. The van der Waals surface area contributed by atoms with Crippen LogP contribution in [0.25, 0.3) is 0 Å². The maximum absolute atomic E-state index is 12.1. The highest BCUT2D eigenvalue weighted by Crippen LogP contribution is 2.15. The van der Waals surface area contributed by atoms with E-state index >= 15 is 0 Å². The molecule has 0 radical (unpaired) electrons. The molecule has 1 atom stereocenters. The molecule has 1 aromatic heterocycles. The van der Waals surface area contributed by atoms with E-state index in [2.05, 4.69) is 20.0 Å². The van der Waals surface area contributed by atoms with Crippen molar-refractivity contribution in [3.05, 3.63) is 18.3 Å². The standard InChI is InChI=1S/C11H19N5O2S/c1-16-5-4-9(8-16)6-14-19(17,18)10-2-3-11(15-12)13-7-10/h2-3,7,9,14H,4-6,8,12H2,1H3,(H,13,15). The van der Waals surface area contributed by atoms with E-state index in [4.69, 9.17) is 5.84 Å². The van der Waals surface area contributed by atoms with Crippen molar-refractivity contribution in [2.24, 2.45) is 11.8 Å². The van der Waals surface area contributed by atoms with Gasteiger partial charge in [-0.05, 0) is 38.1 Å². The average molecular weight is 285 g/mol. The van der Waals surface area contributed by atoms with Crippen LogP contribution in [0.1, 0.15) is 6.42 Å². The number of nitrogens with zero attached hydrogens (tertiary/aromatic N) is 2. The van der Waals surface area contributed by atoms with Crippen LogP contribution in [-0.4, -0.2) is 45.0 Å². The highest BCUT2D eigenvalue weighted by Gasteiger charge is 2.22. The Balaban J connectivity index is 1.97. The van der Waals surface area contributed by atoms with Gasteiger partial charge in [0.2, 0.25) is 10.0 Å². The molecule has 0 aromatic carbocycles. The van der Waals surface area contributed by atoms with Gasteiger partial charge in [-0.25, -0.2) is 24.0 Å². The number of nitrogens with two attached hydrogens (primary N) is 1. The molecule has 4 N–H and O–H groups in total. The number of aromatic nitrogens is 1. The molecular weight excluding hydrogens is 266 g/mol. The lowest BCUT2D eigenvalue weighted by Gasteiger charge is -2.12. The molecule has 1 unspecified atom stereocenters. The maximum atomic E-state index is 12.1. The zero-order valence-electron chi connectivity index (χ0n) is 10.8. The molecule has 1 aliphatic rings.